The van der Waals surface area contributed by atoms with Crippen LogP contribution in [0, 0.1) is 5.82 Å². The highest BCUT2D eigenvalue weighted by atomic mass is 35.5. The van der Waals surface area contributed by atoms with Crippen LogP contribution in [0.15, 0.2) is 36.5 Å². The number of nitrogens with one attached hydrogen (secondary N) is 2. The molecule has 23 heavy (non-hydrogen) atoms. The number of pyridine rings is 1. The van der Waals surface area contributed by atoms with Crippen LogP contribution in [0.1, 0.15) is 34.7 Å². The van der Waals surface area contributed by atoms with E-state index >= 15 is 0 Å². The molecule has 2 N–H and O–H groups in total. The lowest BCUT2D eigenvalue weighted by atomic mass is 10.1. The predicted octanol–water partition coefficient (Wildman–Crippen LogP) is 3.71. The third-order valence-electron chi connectivity index (χ3n) is 3.52. The second-order valence-electron chi connectivity index (χ2n) is 5.26. The zero-order valence-corrected chi connectivity index (χ0v) is 12.7. The zero-order valence-electron chi connectivity index (χ0n) is 12.0. The highest BCUT2D eigenvalue weighted by molar-refractivity contribution is 6.32. The highest BCUT2D eigenvalue weighted by Crippen LogP contribution is 2.40. The molecule has 3 rings (SSSR count). The Bertz CT molecular complexity index is 778. The minimum atomic E-state index is -0.817. The van der Waals surface area contributed by atoms with Gasteiger partial charge in [-0.05, 0) is 48.6 Å². The summed E-state index contributed by atoms with van der Waals surface area (Å²) in [6.07, 6.45) is 3.55. The van der Waals surface area contributed by atoms with Crippen LogP contribution in [-0.2, 0) is 0 Å². The molecule has 0 spiro atoms. The summed E-state index contributed by atoms with van der Waals surface area (Å²) in [5.74, 6) is -1.07. The molecule has 1 fully saturated rings. The topological polar surface area (TPSA) is 71.1 Å². The maximum atomic E-state index is 14.0. The number of rotatable bonds is 3. The fourth-order valence-electron chi connectivity index (χ4n) is 2.19. The van der Waals surface area contributed by atoms with Crippen molar-refractivity contribution in [1.29, 1.82) is 0 Å². The number of anilines is 1. The molecule has 0 atom stereocenters. The highest BCUT2D eigenvalue weighted by Gasteiger charge is 2.25. The number of amides is 3. The van der Waals surface area contributed by atoms with Crippen molar-refractivity contribution in [3.8, 4) is 0 Å². The van der Waals surface area contributed by atoms with Crippen LogP contribution in [0.2, 0.25) is 5.15 Å². The van der Waals surface area contributed by atoms with Crippen molar-refractivity contribution < 1.29 is 14.0 Å². The van der Waals surface area contributed by atoms with Gasteiger partial charge in [-0.15, -0.1) is 0 Å². The number of halogens is 2. The van der Waals surface area contributed by atoms with E-state index in [1.54, 1.807) is 12.1 Å². The normalized spacial score (nSPS) is 13.5. The standard InChI is InChI=1S/C16H13ClFN3O2/c17-14-13(2-1-7-19-14)20-16(23)21-15(22)11-6-5-10(8-12(11)18)9-3-4-9/h1-2,5-9H,3-4H2,(H2,20,21,22,23). The van der Waals surface area contributed by atoms with Gasteiger partial charge in [0, 0.05) is 6.20 Å². The number of imide groups is 1. The Morgan fingerprint density at radius 1 is 1.26 bits per heavy atom. The van der Waals surface area contributed by atoms with E-state index in [9.17, 15) is 14.0 Å². The van der Waals surface area contributed by atoms with Gasteiger partial charge < -0.3 is 5.32 Å². The monoisotopic (exact) mass is 333 g/mol. The number of hydrogen-bond acceptors (Lipinski definition) is 3. The molecule has 118 valence electrons. The number of nitrogens with zero attached hydrogens (tertiary/aromatic N) is 1. The van der Waals surface area contributed by atoms with Crippen LogP contribution < -0.4 is 10.6 Å². The number of urea groups is 1. The number of aromatic nitrogens is 1. The summed E-state index contributed by atoms with van der Waals surface area (Å²) in [4.78, 5) is 27.6. The molecule has 5 nitrogen and oxygen atoms in total. The van der Waals surface area contributed by atoms with Crippen molar-refractivity contribution in [3.63, 3.8) is 0 Å². The summed E-state index contributed by atoms with van der Waals surface area (Å²) in [6, 6.07) is 6.76. The van der Waals surface area contributed by atoms with Gasteiger partial charge in [0.2, 0.25) is 0 Å². The van der Waals surface area contributed by atoms with E-state index in [2.05, 4.69) is 15.6 Å². The van der Waals surface area contributed by atoms with Crippen molar-refractivity contribution in [3.05, 3.63) is 58.6 Å². The van der Waals surface area contributed by atoms with Gasteiger partial charge >= 0.3 is 6.03 Å². The maximum Gasteiger partial charge on any atom is 0.326 e. The summed E-state index contributed by atoms with van der Waals surface area (Å²) in [7, 11) is 0. The van der Waals surface area contributed by atoms with Gasteiger partial charge in [-0.3, -0.25) is 10.1 Å². The number of carbonyl (C=O) groups excluding carboxylic acids is 2. The molecule has 3 amide bonds. The molecule has 0 bridgehead atoms. The van der Waals surface area contributed by atoms with Crippen molar-refractivity contribution in [1.82, 2.24) is 10.3 Å². The molecule has 1 heterocycles. The van der Waals surface area contributed by atoms with Crippen molar-refractivity contribution in [2.75, 3.05) is 5.32 Å². The molecule has 0 aliphatic heterocycles. The predicted molar refractivity (Wildman–Crippen MR) is 84.1 cm³/mol. The van der Waals surface area contributed by atoms with E-state index in [1.165, 1.54) is 24.4 Å². The van der Waals surface area contributed by atoms with Crippen LogP contribution in [0.3, 0.4) is 0 Å². The van der Waals surface area contributed by atoms with Gasteiger partial charge in [0.1, 0.15) is 5.82 Å². The Morgan fingerprint density at radius 3 is 2.70 bits per heavy atom. The molecule has 0 radical (unpaired) electrons. The molecule has 1 aliphatic rings. The average Bonchev–Trinajstić information content (AvgIpc) is 3.34. The Kier molecular flexibility index (Phi) is 4.25. The fourth-order valence-corrected chi connectivity index (χ4v) is 2.36. The Hall–Kier alpha value is -2.47. The summed E-state index contributed by atoms with van der Waals surface area (Å²) in [6.45, 7) is 0. The summed E-state index contributed by atoms with van der Waals surface area (Å²) >= 11 is 5.80. The van der Waals surface area contributed by atoms with Crippen molar-refractivity contribution >= 4 is 29.2 Å². The maximum absolute atomic E-state index is 14.0. The third-order valence-corrected chi connectivity index (χ3v) is 3.82. The summed E-state index contributed by atoms with van der Waals surface area (Å²) in [5.41, 5.74) is 0.955. The van der Waals surface area contributed by atoms with E-state index in [-0.39, 0.29) is 16.4 Å². The first-order valence-corrected chi connectivity index (χ1v) is 7.44. The van der Waals surface area contributed by atoms with E-state index in [1.807, 2.05) is 0 Å². The molecule has 0 saturated heterocycles. The summed E-state index contributed by atoms with van der Waals surface area (Å²) < 4.78 is 14.0. The molecule has 1 aromatic carbocycles. The number of hydrogen-bond donors (Lipinski definition) is 2. The molecule has 2 aromatic rings. The van der Waals surface area contributed by atoms with Gasteiger partial charge in [-0.25, -0.2) is 14.2 Å². The van der Waals surface area contributed by atoms with Crippen LogP contribution in [0.4, 0.5) is 14.9 Å². The molecule has 1 aromatic heterocycles. The minimum absolute atomic E-state index is 0.0927. The molecular formula is C16H13ClFN3O2. The molecular weight excluding hydrogens is 321 g/mol. The first kappa shape index (κ1) is 15.4. The lowest BCUT2D eigenvalue weighted by Gasteiger charge is -2.08. The van der Waals surface area contributed by atoms with Crippen LogP contribution in [0.5, 0.6) is 0 Å². The fraction of sp³-hybridized carbons (Fsp3) is 0.188. The SMILES string of the molecule is O=C(NC(=O)c1ccc(C2CC2)cc1F)Nc1cccnc1Cl. The second kappa shape index (κ2) is 6.34. The quantitative estimate of drug-likeness (QED) is 0.841. The zero-order chi connectivity index (χ0) is 16.4. The molecule has 7 heteroatoms. The minimum Gasteiger partial charge on any atom is -0.305 e. The second-order valence-corrected chi connectivity index (χ2v) is 5.62. The smallest absolute Gasteiger partial charge is 0.305 e. The lowest BCUT2D eigenvalue weighted by Crippen LogP contribution is -2.35. The van der Waals surface area contributed by atoms with Crippen molar-refractivity contribution in [2.24, 2.45) is 0 Å². The van der Waals surface area contributed by atoms with E-state index in [4.69, 9.17) is 11.6 Å². The number of benzene rings is 1. The van der Waals surface area contributed by atoms with E-state index < -0.39 is 17.8 Å². The van der Waals surface area contributed by atoms with E-state index in [0.717, 1.165) is 18.4 Å². The number of carbonyl (C=O) groups is 2. The molecule has 1 aliphatic carbocycles. The van der Waals surface area contributed by atoms with Gasteiger partial charge in [0.25, 0.3) is 5.91 Å². The van der Waals surface area contributed by atoms with Gasteiger partial charge in [-0.1, -0.05) is 17.7 Å². The van der Waals surface area contributed by atoms with Gasteiger partial charge in [0.05, 0.1) is 11.3 Å². The van der Waals surface area contributed by atoms with Gasteiger partial charge in [0.15, 0.2) is 5.15 Å². The Labute approximate surface area is 136 Å². The summed E-state index contributed by atoms with van der Waals surface area (Å²) in [5, 5.41) is 4.54. The third kappa shape index (κ3) is 3.65. The largest absolute Gasteiger partial charge is 0.326 e. The molecule has 1 saturated carbocycles. The Morgan fingerprint density at radius 2 is 2.04 bits per heavy atom. The first-order valence-electron chi connectivity index (χ1n) is 7.07. The van der Waals surface area contributed by atoms with Crippen LogP contribution in [0.25, 0.3) is 0 Å². The lowest BCUT2D eigenvalue weighted by molar-refractivity contribution is 0.0963. The van der Waals surface area contributed by atoms with Crippen molar-refractivity contribution in [2.45, 2.75) is 18.8 Å². The van der Waals surface area contributed by atoms with Crippen LogP contribution in [-0.4, -0.2) is 16.9 Å². The first-order chi connectivity index (χ1) is 11.0. The Balaban J connectivity index is 1.66. The van der Waals surface area contributed by atoms with Crippen LogP contribution >= 0.6 is 11.6 Å². The van der Waals surface area contributed by atoms with E-state index in [0.29, 0.717) is 5.92 Å². The van der Waals surface area contributed by atoms with Gasteiger partial charge in [-0.2, -0.15) is 0 Å². The molecule has 0 unspecified atom stereocenters. The average molecular weight is 334 g/mol.